The van der Waals surface area contributed by atoms with Crippen LogP contribution in [0.25, 0.3) is 0 Å². The summed E-state index contributed by atoms with van der Waals surface area (Å²) in [6.45, 7) is 5.21. The molecule has 0 bridgehead atoms. The van der Waals surface area contributed by atoms with Crippen molar-refractivity contribution in [3.05, 3.63) is 35.9 Å². The zero-order valence-corrected chi connectivity index (χ0v) is 13.8. The summed E-state index contributed by atoms with van der Waals surface area (Å²) in [7, 11) is 0. The summed E-state index contributed by atoms with van der Waals surface area (Å²) in [5, 5.41) is 0.473. The minimum absolute atomic E-state index is 0.220. The average Bonchev–Trinajstić information content (AvgIpc) is 3.07. The van der Waals surface area contributed by atoms with Gasteiger partial charge in [0, 0.05) is 19.0 Å². The molecule has 21 heavy (non-hydrogen) atoms. The van der Waals surface area contributed by atoms with Crippen molar-refractivity contribution in [3.63, 3.8) is 0 Å². The molecule has 114 valence electrons. The van der Waals surface area contributed by atoms with Gasteiger partial charge in [0.2, 0.25) is 0 Å². The highest BCUT2D eigenvalue weighted by Gasteiger charge is 2.41. The predicted octanol–water partition coefficient (Wildman–Crippen LogP) is 4.27. The number of likely N-dealkylation sites (tertiary alicyclic amines) is 1. The molecule has 1 saturated carbocycles. The van der Waals surface area contributed by atoms with Gasteiger partial charge in [0.25, 0.3) is 0 Å². The maximum absolute atomic E-state index is 11.7. The molecule has 2 aliphatic rings. The lowest BCUT2D eigenvalue weighted by atomic mass is 10.0. The Hall–Kier alpha value is -0.800. The highest BCUT2D eigenvalue weighted by Crippen LogP contribution is 2.43. The fourth-order valence-electron chi connectivity index (χ4n) is 4.22. The summed E-state index contributed by atoms with van der Waals surface area (Å²) in [6, 6.07) is 11.7. The highest BCUT2D eigenvalue weighted by atomic mass is 32.2. The second-order valence-corrected chi connectivity index (χ2v) is 7.78. The van der Waals surface area contributed by atoms with E-state index in [1.165, 1.54) is 49.6 Å². The van der Waals surface area contributed by atoms with Crippen molar-refractivity contribution in [1.29, 1.82) is 0 Å². The Morgan fingerprint density at radius 3 is 2.71 bits per heavy atom. The first-order valence-electron chi connectivity index (χ1n) is 8.14. The molecule has 0 aromatic heterocycles. The van der Waals surface area contributed by atoms with Crippen LogP contribution in [-0.2, 0) is 4.79 Å². The normalized spacial score (nSPS) is 28.3. The standard InChI is InChI=1S/C18H25NOS/c1-13(19-12-11-15-9-6-10-17(15)19)18(21-14(2)20)16-7-4-3-5-8-16/h3-5,7-8,13,15,17-18H,6,9-12H2,1-2H3/t13-,15-,17-,18-/m0/s1. The molecule has 1 aromatic rings. The van der Waals surface area contributed by atoms with Gasteiger partial charge in [-0.25, -0.2) is 0 Å². The first kappa shape index (κ1) is 15.1. The lowest BCUT2D eigenvalue weighted by molar-refractivity contribution is -0.109. The van der Waals surface area contributed by atoms with E-state index in [-0.39, 0.29) is 10.4 Å². The van der Waals surface area contributed by atoms with Crippen molar-refractivity contribution in [2.75, 3.05) is 6.54 Å². The molecule has 4 atom stereocenters. The molecule has 1 aliphatic carbocycles. The van der Waals surface area contributed by atoms with Gasteiger partial charge in [-0.15, -0.1) is 0 Å². The molecule has 0 unspecified atom stereocenters. The predicted molar refractivity (Wildman–Crippen MR) is 89.4 cm³/mol. The van der Waals surface area contributed by atoms with Gasteiger partial charge in [0.15, 0.2) is 5.12 Å². The van der Waals surface area contributed by atoms with Crippen LogP contribution in [-0.4, -0.2) is 28.6 Å². The molecule has 0 spiro atoms. The van der Waals surface area contributed by atoms with Crippen LogP contribution in [0.4, 0.5) is 0 Å². The van der Waals surface area contributed by atoms with Gasteiger partial charge in [-0.1, -0.05) is 48.5 Å². The Kier molecular flexibility index (Phi) is 4.70. The second-order valence-electron chi connectivity index (χ2n) is 6.47. The molecule has 0 radical (unpaired) electrons. The number of carbonyl (C=O) groups excluding carboxylic acids is 1. The maximum Gasteiger partial charge on any atom is 0.186 e. The molecule has 2 fully saturated rings. The van der Waals surface area contributed by atoms with E-state index in [9.17, 15) is 4.79 Å². The molecular weight excluding hydrogens is 278 g/mol. The van der Waals surface area contributed by atoms with Gasteiger partial charge >= 0.3 is 0 Å². The third-order valence-corrected chi connectivity index (χ3v) is 6.44. The van der Waals surface area contributed by atoms with E-state index in [2.05, 4.69) is 36.1 Å². The van der Waals surface area contributed by atoms with E-state index in [0.29, 0.717) is 6.04 Å². The zero-order valence-electron chi connectivity index (χ0n) is 13.0. The van der Waals surface area contributed by atoms with Gasteiger partial charge in [-0.2, -0.15) is 0 Å². The van der Waals surface area contributed by atoms with Crippen molar-refractivity contribution in [2.24, 2.45) is 5.92 Å². The van der Waals surface area contributed by atoms with Crippen LogP contribution in [0.15, 0.2) is 30.3 Å². The molecule has 1 saturated heterocycles. The summed E-state index contributed by atoms with van der Waals surface area (Å²) in [6.07, 6.45) is 5.49. The number of fused-ring (bicyclic) bond motifs is 1. The monoisotopic (exact) mass is 303 g/mol. The van der Waals surface area contributed by atoms with Crippen LogP contribution in [0.3, 0.4) is 0 Å². The van der Waals surface area contributed by atoms with Gasteiger partial charge in [-0.05, 0) is 44.2 Å². The first-order valence-corrected chi connectivity index (χ1v) is 9.02. The van der Waals surface area contributed by atoms with Crippen LogP contribution >= 0.6 is 11.8 Å². The molecule has 3 rings (SSSR count). The molecule has 3 heteroatoms. The summed E-state index contributed by atoms with van der Waals surface area (Å²) in [5.41, 5.74) is 1.28. The van der Waals surface area contributed by atoms with Crippen molar-refractivity contribution in [3.8, 4) is 0 Å². The van der Waals surface area contributed by atoms with E-state index in [0.717, 1.165) is 12.0 Å². The van der Waals surface area contributed by atoms with E-state index in [1.54, 1.807) is 6.92 Å². The van der Waals surface area contributed by atoms with Crippen LogP contribution in [0, 0.1) is 5.92 Å². The SMILES string of the molecule is CC(=O)S[C@H](c1ccccc1)[C@H](C)N1CC[C@@H]2CCC[C@@H]21. The smallest absolute Gasteiger partial charge is 0.186 e. The minimum atomic E-state index is 0.220. The van der Waals surface area contributed by atoms with E-state index in [4.69, 9.17) is 0 Å². The summed E-state index contributed by atoms with van der Waals surface area (Å²) in [4.78, 5) is 14.4. The Morgan fingerprint density at radius 1 is 1.24 bits per heavy atom. The highest BCUT2D eigenvalue weighted by molar-refractivity contribution is 8.13. The Labute approximate surface area is 132 Å². The molecule has 0 N–H and O–H groups in total. The molecule has 1 aromatic carbocycles. The number of hydrogen-bond acceptors (Lipinski definition) is 3. The molecule has 0 amide bonds. The third kappa shape index (κ3) is 3.19. The fourth-order valence-corrected chi connectivity index (χ4v) is 5.22. The third-order valence-electron chi connectivity index (χ3n) is 5.19. The number of nitrogens with zero attached hydrogens (tertiary/aromatic N) is 1. The van der Waals surface area contributed by atoms with Crippen LogP contribution in [0.2, 0.25) is 0 Å². The molecule has 1 aliphatic heterocycles. The summed E-state index contributed by atoms with van der Waals surface area (Å²) in [5.74, 6) is 0.909. The number of rotatable bonds is 4. The molecule has 1 heterocycles. The molecule has 2 nitrogen and oxygen atoms in total. The first-order chi connectivity index (χ1) is 10.2. The van der Waals surface area contributed by atoms with Gasteiger partial charge in [0.1, 0.15) is 0 Å². The Bertz CT molecular complexity index is 489. The van der Waals surface area contributed by atoms with Crippen molar-refractivity contribution >= 4 is 16.9 Å². The molecular formula is C18H25NOS. The second kappa shape index (κ2) is 6.53. The average molecular weight is 303 g/mol. The number of benzene rings is 1. The van der Waals surface area contributed by atoms with E-state index >= 15 is 0 Å². The van der Waals surface area contributed by atoms with Crippen molar-refractivity contribution in [1.82, 2.24) is 4.90 Å². The van der Waals surface area contributed by atoms with E-state index in [1.807, 2.05) is 6.07 Å². The summed E-state index contributed by atoms with van der Waals surface area (Å²) < 4.78 is 0. The summed E-state index contributed by atoms with van der Waals surface area (Å²) >= 11 is 1.50. The number of hydrogen-bond donors (Lipinski definition) is 0. The fraction of sp³-hybridized carbons (Fsp3) is 0.611. The lowest BCUT2D eigenvalue weighted by Gasteiger charge is -2.35. The largest absolute Gasteiger partial charge is 0.296 e. The van der Waals surface area contributed by atoms with Gasteiger partial charge in [0.05, 0.1) is 5.25 Å². The number of thioether (sulfide) groups is 1. The minimum Gasteiger partial charge on any atom is -0.296 e. The zero-order chi connectivity index (χ0) is 14.8. The van der Waals surface area contributed by atoms with Crippen LogP contribution in [0.1, 0.15) is 50.3 Å². The quantitative estimate of drug-likeness (QED) is 0.828. The van der Waals surface area contributed by atoms with E-state index < -0.39 is 0 Å². The van der Waals surface area contributed by atoms with Crippen molar-refractivity contribution < 1.29 is 4.79 Å². The van der Waals surface area contributed by atoms with Crippen molar-refractivity contribution in [2.45, 2.75) is 56.9 Å². The number of carbonyl (C=O) groups is 1. The maximum atomic E-state index is 11.7. The van der Waals surface area contributed by atoms with Crippen LogP contribution in [0.5, 0.6) is 0 Å². The van der Waals surface area contributed by atoms with Crippen LogP contribution < -0.4 is 0 Å². The van der Waals surface area contributed by atoms with Gasteiger partial charge < -0.3 is 0 Å². The Morgan fingerprint density at radius 2 is 2.00 bits per heavy atom. The Balaban J connectivity index is 1.80. The topological polar surface area (TPSA) is 20.3 Å². The van der Waals surface area contributed by atoms with Gasteiger partial charge in [-0.3, -0.25) is 9.69 Å². The lowest BCUT2D eigenvalue weighted by Crippen LogP contribution is -2.40.